The third kappa shape index (κ3) is 5.06. The van der Waals surface area contributed by atoms with Crippen molar-refractivity contribution in [3.63, 3.8) is 0 Å². The van der Waals surface area contributed by atoms with Gasteiger partial charge >= 0.3 is 0 Å². The minimum atomic E-state index is -0.520. The van der Waals surface area contributed by atoms with Crippen LogP contribution in [-0.4, -0.2) is 32.4 Å². The molecule has 1 N–H and O–H groups in total. The van der Waals surface area contributed by atoms with Crippen LogP contribution in [0.4, 0.5) is 0 Å². The fourth-order valence-corrected chi connectivity index (χ4v) is 4.47. The zero-order valence-corrected chi connectivity index (χ0v) is 21.9. The van der Waals surface area contributed by atoms with E-state index < -0.39 is 11.8 Å². The number of aromatic nitrogens is 2. The van der Waals surface area contributed by atoms with Gasteiger partial charge in [0.15, 0.2) is 5.84 Å². The maximum Gasteiger partial charge on any atom is 0.288 e. The molecule has 4 aromatic carbocycles. The van der Waals surface area contributed by atoms with Gasteiger partial charge in [-0.3, -0.25) is 15.0 Å². The lowest BCUT2D eigenvalue weighted by Crippen LogP contribution is -2.53. The largest absolute Gasteiger partial charge is 0.288 e. The van der Waals surface area contributed by atoms with Crippen LogP contribution in [-0.2, 0) is 4.79 Å². The van der Waals surface area contributed by atoms with Crippen LogP contribution in [0.15, 0.2) is 132 Å². The van der Waals surface area contributed by atoms with Gasteiger partial charge in [-0.05, 0) is 42.5 Å². The number of rotatable bonds is 5. The molecule has 0 fully saturated rings. The van der Waals surface area contributed by atoms with Crippen LogP contribution in [0.5, 0.6) is 0 Å². The monoisotopic (exact) mass is 543 g/mol. The van der Waals surface area contributed by atoms with Gasteiger partial charge in [0.2, 0.25) is 0 Å². The van der Waals surface area contributed by atoms with Crippen LogP contribution in [0.3, 0.4) is 0 Å². The number of halogens is 1. The first-order valence-electron chi connectivity index (χ1n) is 12.5. The predicted octanol–water partition coefficient (Wildman–Crippen LogP) is 6.17. The summed E-state index contributed by atoms with van der Waals surface area (Å²) in [6.45, 7) is 0. The number of carbonyl (C=O) groups excluding carboxylic acids is 2. The van der Waals surface area contributed by atoms with Crippen molar-refractivity contribution in [3.8, 4) is 16.9 Å². The molecule has 7 nitrogen and oxygen atoms in total. The van der Waals surface area contributed by atoms with Crippen molar-refractivity contribution < 1.29 is 9.59 Å². The molecule has 5 aromatic rings. The molecule has 1 aromatic heterocycles. The highest BCUT2D eigenvalue weighted by atomic mass is 35.5. The molecule has 2 heterocycles. The van der Waals surface area contributed by atoms with Crippen molar-refractivity contribution >= 4 is 35.3 Å². The quantitative estimate of drug-likeness (QED) is 0.269. The number of nitrogens with one attached hydrogen (secondary N) is 1. The second kappa shape index (κ2) is 10.8. The third-order valence-electron chi connectivity index (χ3n) is 6.31. The Kier molecular flexibility index (Phi) is 6.78. The average molecular weight is 544 g/mol. The summed E-state index contributed by atoms with van der Waals surface area (Å²) in [5.41, 5.74) is 7.07. The van der Waals surface area contributed by atoms with Gasteiger partial charge in [-0.2, -0.15) is 10.1 Å². The minimum Gasteiger partial charge on any atom is -0.267 e. The Balaban J connectivity index is 1.47. The zero-order chi connectivity index (χ0) is 27.5. The van der Waals surface area contributed by atoms with Gasteiger partial charge in [0.05, 0.1) is 5.69 Å². The highest BCUT2D eigenvalue weighted by Crippen LogP contribution is 2.27. The molecule has 40 heavy (non-hydrogen) atoms. The van der Waals surface area contributed by atoms with Crippen LogP contribution < -0.4 is 5.43 Å². The molecule has 0 unspecified atom stereocenters. The number of amides is 2. The summed E-state index contributed by atoms with van der Waals surface area (Å²) >= 11 is 6.01. The van der Waals surface area contributed by atoms with E-state index in [0.29, 0.717) is 33.2 Å². The van der Waals surface area contributed by atoms with Crippen LogP contribution >= 0.6 is 11.6 Å². The van der Waals surface area contributed by atoms with Crippen molar-refractivity contribution in [2.75, 3.05) is 0 Å². The number of hydrogen-bond donors (Lipinski definition) is 1. The summed E-state index contributed by atoms with van der Waals surface area (Å²) in [6, 6.07) is 35.2. The maximum atomic E-state index is 13.5. The Labute approximate surface area is 235 Å². The molecule has 0 saturated carbocycles. The molecular formula is C32H22ClN5O2. The van der Waals surface area contributed by atoms with Crippen molar-refractivity contribution in [2.45, 2.75) is 0 Å². The predicted molar refractivity (Wildman–Crippen MR) is 156 cm³/mol. The Morgan fingerprint density at radius 3 is 2.02 bits per heavy atom. The number of carbonyl (C=O) groups is 2. The van der Waals surface area contributed by atoms with Gasteiger partial charge in [-0.1, -0.05) is 90.5 Å². The lowest BCUT2D eigenvalue weighted by Gasteiger charge is -2.28. The SMILES string of the molecule is O=C1NN(C(=O)c2ccc(Cl)cc2)C(c2ccccc2)=N/C1=C\c1cn(-c2ccccc2)nc1-c1ccccc1. The van der Waals surface area contributed by atoms with E-state index in [1.165, 1.54) is 5.01 Å². The van der Waals surface area contributed by atoms with Crippen molar-refractivity contribution in [1.82, 2.24) is 20.2 Å². The molecule has 0 radical (unpaired) electrons. The number of aliphatic imine (C=N–C) groups is 1. The van der Waals surface area contributed by atoms with Gasteiger partial charge in [-0.25, -0.2) is 9.67 Å². The molecule has 0 spiro atoms. The third-order valence-corrected chi connectivity index (χ3v) is 6.57. The molecule has 0 saturated heterocycles. The maximum absolute atomic E-state index is 13.5. The lowest BCUT2D eigenvalue weighted by atomic mass is 10.1. The molecule has 1 aliphatic rings. The van der Waals surface area contributed by atoms with E-state index in [9.17, 15) is 9.59 Å². The fourth-order valence-electron chi connectivity index (χ4n) is 4.35. The molecule has 8 heteroatoms. The first-order chi connectivity index (χ1) is 19.6. The van der Waals surface area contributed by atoms with E-state index in [0.717, 1.165) is 11.3 Å². The molecule has 0 bridgehead atoms. The number of hydrogen-bond acceptors (Lipinski definition) is 4. The molecule has 0 atom stereocenters. The topological polar surface area (TPSA) is 79.6 Å². The van der Waals surface area contributed by atoms with E-state index in [1.54, 1.807) is 35.0 Å². The highest BCUT2D eigenvalue weighted by Gasteiger charge is 2.31. The molecule has 0 aliphatic carbocycles. The van der Waals surface area contributed by atoms with E-state index >= 15 is 0 Å². The summed E-state index contributed by atoms with van der Waals surface area (Å²) in [5.74, 6) is -0.662. The summed E-state index contributed by atoms with van der Waals surface area (Å²) in [6.07, 6.45) is 3.55. The standard InChI is InChI=1S/C32H22ClN5O2/c33-26-18-16-24(17-19-26)32(40)38-30(23-12-6-2-7-13-23)34-28(31(39)36-38)20-25-21-37(27-14-8-3-9-15-27)35-29(25)22-10-4-1-5-11-22/h1-21H,(H,36,39)/b28-20-. The van der Waals surface area contributed by atoms with E-state index in [1.807, 2.05) is 97.2 Å². The second-order valence-corrected chi connectivity index (χ2v) is 9.44. The van der Waals surface area contributed by atoms with E-state index in [-0.39, 0.29) is 5.70 Å². The number of amidine groups is 1. The number of hydrazine groups is 1. The molecule has 194 valence electrons. The summed E-state index contributed by atoms with van der Waals surface area (Å²) in [7, 11) is 0. The Bertz CT molecular complexity index is 1750. The molecular weight excluding hydrogens is 522 g/mol. The second-order valence-electron chi connectivity index (χ2n) is 9.00. The van der Waals surface area contributed by atoms with E-state index in [4.69, 9.17) is 21.7 Å². The lowest BCUT2D eigenvalue weighted by molar-refractivity contribution is -0.120. The van der Waals surface area contributed by atoms with Crippen molar-refractivity contribution in [3.05, 3.63) is 149 Å². The summed E-state index contributed by atoms with van der Waals surface area (Å²) < 4.78 is 1.77. The van der Waals surface area contributed by atoms with Crippen LogP contribution in [0.25, 0.3) is 23.0 Å². The molecule has 1 aliphatic heterocycles. The number of benzene rings is 4. The van der Waals surface area contributed by atoms with E-state index in [2.05, 4.69) is 5.43 Å². The summed E-state index contributed by atoms with van der Waals surface area (Å²) in [5, 5.41) is 6.50. The van der Waals surface area contributed by atoms with Crippen molar-refractivity contribution in [1.29, 1.82) is 0 Å². The van der Waals surface area contributed by atoms with Crippen LogP contribution in [0.1, 0.15) is 21.5 Å². The smallest absolute Gasteiger partial charge is 0.267 e. The fraction of sp³-hybridized carbons (Fsp3) is 0. The average Bonchev–Trinajstić information content (AvgIpc) is 3.43. The Morgan fingerprint density at radius 1 is 0.775 bits per heavy atom. The van der Waals surface area contributed by atoms with Gasteiger partial charge < -0.3 is 0 Å². The van der Waals surface area contributed by atoms with Gasteiger partial charge in [0, 0.05) is 33.5 Å². The molecule has 2 amide bonds. The van der Waals surface area contributed by atoms with Gasteiger partial charge in [-0.15, -0.1) is 0 Å². The van der Waals surface area contributed by atoms with Crippen LogP contribution in [0, 0.1) is 0 Å². The zero-order valence-electron chi connectivity index (χ0n) is 21.1. The number of nitrogens with zero attached hydrogens (tertiary/aromatic N) is 4. The minimum absolute atomic E-state index is 0.142. The first-order valence-corrected chi connectivity index (χ1v) is 12.9. The van der Waals surface area contributed by atoms with Crippen molar-refractivity contribution in [2.24, 2.45) is 4.99 Å². The highest BCUT2D eigenvalue weighted by molar-refractivity contribution is 6.30. The molecule has 6 rings (SSSR count). The van der Waals surface area contributed by atoms with Crippen LogP contribution in [0.2, 0.25) is 5.02 Å². The Morgan fingerprint density at radius 2 is 1.38 bits per heavy atom. The normalized spacial score (nSPS) is 14.1. The number of para-hydroxylation sites is 1. The van der Waals surface area contributed by atoms with Gasteiger partial charge in [0.1, 0.15) is 11.4 Å². The first kappa shape index (κ1) is 25.0. The van der Waals surface area contributed by atoms with Gasteiger partial charge in [0.25, 0.3) is 11.8 Å². The summed E-state index contributed by atoms with van der Waals surface area (Å²) in [4.78, 5) is 31.5. The Hall–Kier alpha value is -5.27.